The molecule has 2 fully saturated rings. The summed E-state index contributed by atoms with van der Waals surface area (Å²) in [5.74, 6) is 0.641. The quantitative estimate of drug-likeness (QED) is 0.490. The van der Waals surface area contributed by atoms with Crippen LogP contribution in [0.4, 0.5) is 9.18 Å². The summed E-state index contributed by atoms with van der Waals surface area (Å²) in [6.07, 6.45) is 3.70. The van der Waals surface area contributed by atoms with Crippen molar-refractivity contribution in [1.29, 1.82) is 0 Å². The minimum absolute atomic E-state index is 0.160. The number of amides is 2. The minimum atomic E-state index is -0.173. The Morgan fingerprint density at radius 2 is 1.76 bits per heavy atom. The number of carbonyl (C=O) groups is 1. The van der Waals surface area contributed by atoms with Crippen molar-refractivity contribution in [2.24, 2.45) is 17.6 Å². The van der Waals surface area contributed by atoms with Gasteiger partial charge in [0.1, 0.15) is 5.82 Å². The topological polar surface area (TPSA) is 61.6 Å². The molecule has 0 aliphatic carbocycles. The van der Waals surface area contributed by atoms with Gasteiger partial charge in [-0.15, -0.1) is 9.24 Å². The Kier molecular flexibility index (Phi) is 7.50. The van der Waals surface area contributed by atoms with E-state index in [0.717, 1.165) is 35.1 Å². The molecule has 0 bridgehead atoms. The number of urea groups is 1. The molecule has 7 heteroatoms. The van der Waals surface area contributed by atoms with Gasteiger partial charge < -0.3 is 16.0 Å². The SMILES string of the molecule is C=C(NC(=O)N1CC2CN(Cc3ccccc3F)CC2C1)/C(N)=C\C=C(/C)c1ccc(P)cc1. The molecule has 34 heavy (non-hydrogen) atoms. The van der Waals surface area contributed by atoms with Crippen LogP contribution in [0.1, 0.15) is 18.1 Å². The first-order valence-electron chi connectivity index (χ1n) is 11.5. The van der Waals surface area contributed by atoms with Crippen molar-refractivity contribution in [3.8, 4) is 0 Å². The van der Waals surface area contributed by atoms with Gasteiger partial charge >= 0.3 is 6.03 Å². The normalized spacial score (nSPS) is 21.0. The molecular formula is C27H32FN4OP. The smallest absolute Gasteiger partial charge is 0.321 e. The van der Waals surface area contributed by atoms with Crippen molar-refractivity contribution in [2.75, 3.05) is 26.2 Å². The summed E-state index contributed by atoms with van der Waals surface area (Å²) in [5, 5.41) is 3.98. The molecule has 2 aliphatic rings. The molecule has 0 aromatic heterocycles. The lowest BCUT2D eigenvalue weighted by Gasteiger charge is -2.22. The standard InChI is InChI=1S/C27H32FN4OP/c1-18(20-8-10-24(34)11-9-20)7-12-26(29)19(2)30-27(33)32-16-22-14-31(15-23(22)17-32)13-21-5-3-4-6-25(21)28/h3-12,22-23H,2,13-17,29,34H2,1H3,(H,30,33)/b18-7+,26-12+. The lowest BCUT2D eigenvalue weighted by atomic mass is 10.0. The van der Waals surface area contributed by atoms with Gasteiger partial charge in [0, 0.05) is 38.3 Å². The molecule has 2 amide bonds. The number of hydrogen-bond donors (Lipinski definition) is 2. The maximum atomic E-state index is 14.0. The lowest BCUT2D eigenvalue weighted by molar-refractivity contribution is 0.201. The Morgan fingerprint density at radius 3 is 2.41 bits per heavy atom. The second-order valence-electron chi connectivity index (χ2n) is 9.21. The molecule has 2 aromatic rings. The van der Waals surface area contributed by atoms with Crippen molar-refractivity contribution >= 4 is 26.1 Å². The van der Waals surface area contributed by atoms with Gasteiger partial charge in [-0.3, -0.25) is 4.90 Å². The molecule has 178 valence electrons. The number of halogens is 1. The van der Waals surface area contributed by atoms with E-state index in [9.17, 15) is 9.18 Å². The highest BCUT2D eigenvalue weighted by atomic mass is 31.0. The monoisotopic (exact) mass is 478 g/mol. The number of rotatable bonds is 6. The van der Waals surface area contributed by atoms with Crippen molar-refractivity contribution in [1.82, 2.24) is 15.1 Å². The zero-order valence-electron chi connectivity index (χ0n) is 19.5. The molecule has 3 N–H and O–H groups in total. The Bertz CT molecular complexity index is 1110. The number of allylic oxidation sites excluding steroid dienone is 3. The predicted octanol–water partition coefficient (Wildman–Crippen LogP) is 3.86. The number of nitrogens with two attached hydrogens (primary N) is 1. The van der Waals surface area contributed by atoms with Crippen molar-refractivity contribution in [3.05, 3.63) is 95.6 Å². The summed E-state index contributed by atoms with van der Waals surface area (Å²) in [5.41, 5.74) is 9.87. The summed E-state index contributed by atoms with van der Waals surface area (Å²) in [7, 11) is 2.67. The average Bonchev–Trinajstić information content (AvgIpc) is 3.38. The van der Waals surface area contributed by atoms with E-state index in [-0.39, 0.29) is 11.8 Å². The van der Waals surface area contributed by atoms with Crippen LogP contribution in [0, 0.1) is 17.7 Å². The van der Waals surface area contributed by atoms with Crippen LogP contribution in [-0.4, -0.2) is 42.0 Å². The molecule has 3 unspecified atom stereocenters. The van der Waals surface area contributed by atoms with Crippen LogP contribution in [0.15, 0.2) is 78.7 Å². The van der Waals surface area contributed by atoms with E-state index in [1.807, 2.05) is 42.2 Å². The zero-order chi connectivity index (χ0) is 24.2. The maximum Gasteiger partial charge on any atom is 0.321 e. The van der Waals surface area contributed by atoms with E-state index in [1.165, 1.54) is 6.07 Å². The van der Waals surface area contributed by atoms with Gasteiger partial charge in [0.25, 0.3) is 0 Å². The van der Waals surface area contributed by atoms with Crippen LogP contribution >= 0.6 is 9.24 Å². The number of hydrogen-bond acceptors (Lipinski definition) is 3. The summed E-state index contributed by atoms with van der Waals surface area (Å²) in [6.45, 7) is 9.67. The van der Waals surface area contributed by atoms with Gasteiger partial charge in [0.2, 0.25) is 0 Å². The predicted molar refractivity (Wildman–Crippen MR) is 140 cm³/mol. The molecule has 2 aliphatic heterocycles. The van der Waals surface area contributed by atoms with Crippen LogP contribution in [0.25, 0.3) is 5.57 Å². The first-order valence-corrected chi connectivity index (χ1v) is 12.1. The second kappa shape index (κ2) is 10.5. The van der Waals surface area contributed by atoms with Crippen molar-refractivity contribution in [2.45, 2.75) is 13.5 Å². The Labute approximate surface area is 203 Å². The van der Waals surface area contributed by atoms with Gasteiger partial charge in [0.05, 0.1) is 11.4 Å². The third-order valence-electron chi connectivity index (χ3n) is 6.69. The number of benzene rings is 2. The third-order valence-corrected chi connectivity index (χ3v) is 7.07. The number of nitrogens with zero attached hydrogens (tertiary/aromatic N) is 2. The zero-order valence-corrected chi connectivity index (χ0v) is 20.7. The second-order valence-corrected chi connectivity index (χ2v) is 9.88. The first-order chi connectivity index (χ1) is 16.3. The van der Waals surface area contributed by atoms with Crippen LogP contribution in [0.5, 0.6) is 0 Å². The number of likely N-dealkylation sites (tertiary alicyclic amines) is 2. The van der Waals surface area contributed by atoms with Gasteiger partial charge in [-0.1, -0.05) is 55.1 Å². The maximum absolute atomic E-state index is 14.0. The molecule has 2 aromatic carbocycles. The Hall–Kier alpha value is -2.95. The molecule has 5 nitrogen and oxygen atoms in total. The summed E-state index contributed by atoms with van der Waals surface area (Å²) in [6, 6.07) is 14.9. The highest BCUT2D eigenvalue weighted by Gasteiger charge is 2.41. The molecule has 0 spiro atoms. The fourth-order valence-corrected chi connectivity index (χ4v) is 4.88. The van der Waals surface area contributed by atoms with E-state index < -0.39 is 0 Å². The van der Waals surface area contributed by atoms with E-state index in [0.29, 0.717) is 42.9 Å². The van der Waals surface area contributed by atoms with Gasteiger partial charge in [-0.05, 0) is 47.3 Å². The van der Waals surface area contributed by atoms with Crippen molar-refractivity contribution < 1.29 is 9.18 Å². The Balaban J connectivity index is 1.27. The molecule has 0 saturated carbocycles. The molecule has 2 saturated heterocycles. The molecule has 4 rings (SSSR count). The van der Waals surface area contributed by atoms with Crippen LogP contribution in [0.2, 0.25) is 0 Å². The largest absolute Gasteiger partial charge is 0.397 e. The first kappa shape index (κ1) is 24.2. The van der Waals surface area contributed by atoms with Gasteiger partial charge in [-0.25, -0.2) is 9.18 Å². The van der Waals surface area contributed by atoms with Crippen LogP contribution in [0.3, 0.4) is 0 Å². The highest BCUT2D eigenvalue weighted by Crippen LogP contribution is 2.32. The van der Waals surface area contributed by atoms with E-state index in [1.54, 1.807) is 12.1 Å². The fourth-order valence-electron chi connectivity index (χ4n) is 4.69. The van der Waals surface area contributed by atoms with Crippen molar-refractivity contribution in [3.63, 3.8) is 0 Å². The number of fused-ring (bicyclic) bond motifs is 1. The highest BCUT2D eigenvalue weighted by molar-refractivity contribution is 7.27. The molecule has 3 atom stereocenters. The van der Waals surface area contributed by atoms with E-state index >= 15 is 0 Å². The number of nitrogens with one attached hydrogen (secondary N) is 1. The molecule has 2 heterocycles. The molecule has 0 radical (unpaired) electrons. The van der Waals surface area contributed by atoms with Crippen LogP contribution < -0.4 is 16.4 Å². The van der Waals surface area contributed by atoms with E-state index in [4.69, 9.17) is 5.73 Å². The van der Waals surface area contributed by atoms with Gasteiger partial charge in [-0.2, -0.15) is 0 Å². The minimum Gasteiger partial charge on any atom is -0.397 e. The fraction of sp³-hybridized carbons (Fsp3) is 0.296. The van der Waals surface area contributed by atoms with Crippen LogP contribution in [-0.2, 0) is 6.54 Å². The average molecular weight is 479 g/mol. The molecular weight excluding hydrogens is 446 g/mol. The summed E-state index contributed by atoms with van der Waals surface area (Å²) in [4.78, 5) is 16.9. The summed E-state index contributed by atoms with van der Waals surface area (Å²) < 4.78 is 14.0. The van der Waals surface area contributed by atoms with E-state index in [2.05, 4.69) is 38.2 Å². The lowest BCUT2D eigenvalue weighted by Crippen LogP contribution is -2.40. The Morgan fingerprint density at radius 1 is 1.12 bits per heavy atom. The summed E-state index contributed by atoms with van der Waals surface area (Å²) >= 11 is 0. The van der Waals surface area contributed by atoms with Gasteiger partial charge in [0.15, 0.2) is 0 Å². The number of carbonyl (C=O) groups excluding carboxylic acids is 1. The third kappa shape index (κ3) is 5.75.